The first-order valence-corrected chi connectivity index (χ1v) is 22.3. The molecule has 0 heterocycles. The quantitative estimate of drug-likeness (QED) is 0.0309. The molecule has 0 radical (unpaired) electrons. The van der Waals surface area contributed by atoms with Crippen LogP contribution in [0.25, 0.3) is 10.9 Å². The monoisotopic (exact) mass is 822 g/mol. The topological polar surface area (TPSA) is 122 Å². The minimum absolute atomic E-state index is 0.0290. The highest BCUT2D eigenvalue weighted by Gasteiger charge is 2.39. The number of ether oxygens (including phenoxy) is 1. The number of nitriles is 1. The average Bonchev–Trinajstić information content (AvgIpc) is 3.25. The Morgan fingerprint density at radius 1 is 0.833 bits per heavy atom. The molecule has 1 amide bonds. The van der Waals surface area contributed by atoms with E-state index < -0.39 is 8.80 Å². The number of azo groups is 1. The fraction of sp³-hybridized carbons (Fsp3) is 0.312. The van der Waals surface area contributed by atoms with Crippen molar-refractivity contribution in [2.45, 2.75) is 59.9 Å². The van der Waals surface area contributed by atoms with Gasteiger partial charge in [0.2, 0.25) is 0 Å². The first kappa shape index (κ1) is 44.9. The van der Waals surface area contributed by atoms with Gasteiger partial charge < -0.3 is 28.2 Å². The van der Waals surface area contributed by atoms with Crippen LogP contribution in [0.4, 0.5) is 28.4 Å². The summed E-state index contributed by atoms with van der Waals surface area (Å²) < 4.78 is 23.5. The molecule has 11 nitrogen and oxygen atoms in total. The molecule has 0 bridgehead atoms. The Balaban J connectivity index is 1.18. The van der Waals surface area contributed by atoms with Crippen LogP contribution < -0.4 is 15.0 Å². The molecule has 4 aromatic rings. The van der Waals surface area contributed by atoms with Gasteiger partial charge in [-0.05, 0) is 135 Å². The Hall–Kier alpha value is -6.15. The van der Waals surface area contributed by atoms with Crippen molar-refractivity contribution in [3.05, 3.63) is 149 Å². The van der Waals surface area contributed by atoms with Gasteiger partial charge in [0.15, 0.2) is 6.61 Å². The van der Waals surface area contributed by atoms with Gasteiger partial charge >= 0.3 is 8.80 Å². The van der Waals surface area contributed by atoms with Crippen molar-refractivity contribution in [3.8, 4) is 11.8 Å². The zero-order chi connectivity index (χ0) is 42.8. The van der Waals surface area contributed by atoms with Crippen LogP contribution in [0.3, 0.4) is 0 Å². The van der Waals surface area contributed by atoms with Crippen molar-refractivity contribution in [1.29, 1.82) is 5.26 Å². The molecule has 0 spiro atoms. The van der Waals surface area contributed by atoms with E-state index in [1.54, 1.807) is 0 Å². The van der Waals surface area contributed by atoms with Crippen LogP contribution in [0.1, 0.15) is 59.4 Å². The zero-order valence-corrected chi connectivity index (χ0v) is 36.2. The van der Waals surface area contributed by atoms with Crippen molar-refractivity contribution in [1.82, 2.24) is 5.32 Å². The summed E-state index contributed by atoms with van der Waals surface area (Å²) in [5.41, 5.74) is 7.32. The zero-order valence-electron chi connectivity index (χ0n) is 35.2. The third-order valence-corrected chi connectivity index (χ3v) is 12.7. The number of anilines is 3. The number of para-hydroxylation sites is 1. The van der Waals surface area contributed by atoms with E-state index in [0.29, 0.717) is 56.7 Å². The van der Waals surface area contributed by atoms with E-state index in [-0.39, 0.29) is 23.6 Å². The third kappa shape index (κ3) is 13.2. The number of hydrogen-bond donors (Lipinski definition) is 1. The Morgan fingerprint density at radius 3 is 1.97 bits per heavy atom. The number of benzene rings is 4. The van der Waals surface area contributed by atoms with Gasteiger partial charge in [-0.1, -0.05) is 62.4 Å². The molecular formula is C48H54N6O5Si. The van der Waals surface area contributed by atoms with Gasteiger partial charge in [0, 0.05) is 49.5 Å². The van der Waals surface area contributed by atoms with Gasteiger partial charge in [-0.2, -0.15) is 10.2 Å². The van der Waals surface area contributed by atoms with E-state index in [4.69, 9.17) is 24.6 Å². The molecule has 1 aliphatic carbocycles. The minimum Gasteiger partial charge on any atom is -0.484 e. The summed E-state index contributed by atoms with van der Waals surface area (Å²) in [7, 11) is -2.75. The first-order chi connectivity index (χ1) is 29.1. The Bertz CT molecular complexity index is 2190. The summed E-state index contributed by atoms with van der Waals surface area (Å²) in [6, 6.07) is 36.1. The summed E-state index contributed by atoms with van der Waals surface area (Å²) >= 11 is 0. The molecule has 60 heavy (non-hydrogen) atoms. The van der Waals surface area contributed by atoms with E-state index in [2.05, 4.69) is 45.2 Å². The highest BCUT2D eigenvalue weighted by Crippen LogP contribution is 2.40. The van der Waals surface area contributed by atoms with Gasteiger partial charge in [0.05, 0.1) is 24.0 Å². The van der Waals surface area contributed by atoms with E-state index in [1.807, 2.05) is 142 Å². The summed E-state index contributed by atoms with van der Waals surface area (Å²) in [5.74, 6) is 0.380. The molecule has 0 aliphatic heterocycles. The lowest BCUT2D eigenvalue weighted by Crippen LogP contribution is -2.46. The maximum Gasteiger partial charge on any atom is 0.500 e. The minimum atomic E-state index is -2.75. The van der Waals surface area contributed by atoms with Crippen LogP contribution in [-0.4, -0.2) is 47.7 Å². The highest BCUT2D eigenvalue weighted by molar-refractivity contribution is 6.60. The van der Waals surface area contributed by atoms with Crippen molar-refractivity contribution in [3.63, 3.8) is 0 Å². The lowest BCUT2D eigenvalue weighted by molar-refractivity contribution is -0.123. The molecule has 5 rings (SSSR count). The number of hydrogen-bond acceptors (Lipinski definition) is 9. The van der Waals surface area contributed by atoms with E-state index >= 15 is 0 Å². The third-order valence-electron chi connectivity index (χ3n) is 9.56. The van der Waals surface area contributed by atoms with Gasteiger partial charge in [0.25, 0.3) is 11.6 Å². The summed E-state index contributed by atoms with van der Waals surface area (Å²) in [6.45, 7) is 19.4. The summed E-state index contributed by atoms with van der Waals surface area (Å²) in [5, 5.41) is 21.3. The van der Waals surface area contributed by atoms with Crippen molar-refractivity contribution in [2.75, 3.05) is 37.9 Å². The highest BCUT2D eigenvalue weighted by atomic mass is 28.4. The summed E-state index contributed by atoms with van der Waals surface area (Å²) in [6.07, 6.45) is 8.34. The van der Waals surface area contributed by atoms with E-state index in [9.17, 15) is 10.1 Å². The van der Waals surface area contributed by atoms with Crippen LogP contribution in [0.15, 0.2) is 142 Å². The molecule has 310 valence electrons. The number of amides is 1. The number of nitrogens with one attached hydrogen (secondary N) is 1. The van der Waals surface area contributed by atoms with Crippen LogP contribution in [-0.2, 0) is 18.1 Å². The van der Waals surface area contributed by atoms with Crippen LogP contribution >= 0.6 is 0 Å². The van der Waals surface area contributed by atoms with Crippen LogP contribution in [0.2, 0.25) is 6.04 Å². The molecule has 0 saturated carbocycles. The number of nitrogens with zero attached hydrogens (tertiary/aromatic N) is 5. The number of allylic oxidation sites excluding steroid dienone is 5. The van der Waals surface area contributed by atoms with Gasteiger partial charge in [-0.25, -0.2) is 10.1 Å². The fourth-order valence-electron chi connectivity index (χ4n) is 6.97. The van der Waals surface area contributed by atoms with Crippen molar-refractivity contribution >= 4 is 49.2 Å². The Labute approximate surface area is 355 Å². The lowest BCUT2D eigenvalue weighted by atomic mass is 9.74. The molecule has 0 saturated heterocycles. The van der Waals surface area contributed by atoms with Crippen LogP contribution in [0, 0.1) is 23.3 Å². The van der Waals surface area contributed by atoms with Crippen molar-refractivity contribution in [2.24, 2.45) is 15.6 Å². The summed E-state index contributed by atoms with van der Waals surface area (Å²) in [4.78, 5) is 18.2. The van der Waals surface area contributed by atoms with Crippen LogP contribution in [0.5, 0.6) is 5.75 Å². The van der Waals surface area contributed by atoms with Crippen molar-refractivity contribution < 1.29 is 22.8 Å². The normalized spacial score (nSPS) is 14.6. The first-order valence-electron chi connectivity index (χ1n) is 20.4. The Morgan fingerprint density at radius 2 is 1.40 bits per heavy atom. The number of carbonyl (C=O) groups excluding carboxylic acids is 1. The largest absolute Gasteiger partial charge is 0.500 e. The number of rotatable bonds is 20. The SMILES string of the molecule is [C-]#[N+]/C(C#N)=C1C=C(/C=C/c2ccc(/N=N/c3ccc(N(c4ccccc4)c4ccc(OCC(=O)NCCC[Si](OCC)(OCC)OCC)cc4)cc3)cc2)CC(C)(C)C\1. The molecule has 0 unspecified atom stereocenters. The molecule has 1 aliphatic rings. The van der Waals surface area contributed by atoms with Gasteiger partial charge in [0.1, 0.15) is 5.75 Å². The standard InChI is InChI=1S/C48H54N6O5Si/c1-7-57-60(58-8-2,59-9-3)31-13-30-51-47(55)36-56-45-28-26-44(27-29-45)54(42-14-11-10-12-15-42)43-24-22-41(23-25-43)53-52-40-20-18-37(19-21-40)16-17-38-32-39(46(35-49)50-6)34-48(4,5)33-38/h10-12,14-29,32H,7-9,13,30-31,33-34,36H2,1-5H3,(H,51,55)/b17-16+,46-39+,53-52+. The predicted octanol–water partition coefficient (Wildman–Crippen LogP) is 12.0. The molecule has 0 fully saturated rings. The molecule has 12 heteroatoms. The molecule has 4 aromatic carbocycles. The molecule has 0 atom stereocenters. The second-order valence-corrected chi connectivity index (χ2v) is 17.6. The molecular weight excluding hydrogens is 769 g/mol. The van der Waals surface area contributed by atoms with Gasteiger partial charge in [-0.3, -0.25) is 4.79 Å². The van der Waals surface area contributed by atoms with Gasteiger partial charge in [-0.15, -0.1) is 0 Å². The smallest absolute Gasteiger partial charge is 0.484 e. The van der Waals surface area contributed by atoms with E-state index in [0.717, 1.165) is 45.9 Å². The molecule has 1 N–H and O–H groups in total. The fourth-order valence-corrected chi connectivity index (χ4v) is 9.59. The number of carbonyl (C=O) groups is 1. The second kappa shape index (κ2) is 22.3. The average molecular weight is 823 g/mol. The van der Waals surface area contributed by atoms with E-state index in [1.165, 1.54) is 0 Å². The maximum absolute atomic E-state index is 12.6. The Kier molecular flexibility index (Phi) is 16.7. The maximum atomic E-state index is 12.6. The molecule has 0 aromatic heterocycles. The second-order valence-electron chi connectivity index (χ2n) is 14.9. The lowest BCUT2D eigenvalue weighted by Gasteiger charge is -2.30. The predicted molar refractivity (Wildman–Crippen MR) is 240 cm³/mol.